The highest BCUT2D eigenvalue weighted by Crippen LogP contribution is 2.32. The molecule has 2 aromatic carbocycles. The van der Waals surface area contributed by atoms with Crippen molar-refractivity contribution in [3.8, 4) is 0 Å². The summed E-state index contributed by atoms with van der Waals surface area (Å²) in [4.78, 5) is 30.4. The second kappa shape index (κ2) is 10.3. The van der Waals surface area contributed by atoms with Gasteiger partial charge in [0.25, 0.3) is 0 Å². The van der Waals surface area contributed by atoms with Gasteiger partial charge in [-0.1, -0.05) is 24.3 Å². The summed E-state index contributed by atoms with van der Waals surface area (Å²) < 4.78 is 29.4. The van der Waals surface area contributed by atoms with Crippen LogP contribution in [0, 0.1) is 11.6 Å². The SMILES string of the molecule is C[C@H](NC1CCc2cc(F)cc(F)c2C1)C(=O)Nc1cn(C(C)(C)C(=O)NC2CCc3ccccc32)cn1. The lowest BCUT2D eigenvalue weighted by Crippen LogP contribution is -2.46. The largest absolute Gasteiger partial charge is 0.347 e. The summed E-state index contributed by atoms with van der Waals surface area (Å²) in [6, 6.07) is 9.76. The van der Waals surface area contributed by atoms with E-state index in [0.717, 1.165) is 24.5 Å². The third-order valence-electron chi connectivity index (χ3n) is 7.82. The van der Waals surface area contributed by atoms with Gasteiger partial charge in [0.2, 0.25) is 11.8 Å². The van der Waals surface area contributed by atoms with Crippen LogP contribution < -0.4 is 16.0 Å². The van der Waals surface area contributed by atoms with Crippen LogP contribution in [-0.2, 0) is 34.4 Å². The van der Waals surface area contributed by atoms with Crippen LogP contribution in [0.4, 0.5) is 14.6 Å². The molecule has 0 fully saturated rings. The minimum Gasteiger partial charge on any atom is -0.347 e. The van der Waals surface area contributed by atoms with E-state index in [4.69, 9.17) is 0 Å². The highest BCUT2D eigenvalue weighted by molar-refractivity contribution is 5.93. The Hall–Kier alpha value is -3.59. The number of nitrogens with zero attached hydrogens (tertiary/aromatic N) is 2. The quantitative estimate of drug-likeness (QED) is 0.436. The van der Waals surface area contributed by atoms with Gasteiger partial charge >= 0.3 is 0 Å². The molecule has 3 N–H and O–H groups in total. The van der Waals surface area contributed by atoms with E-state index >= 15 is 0 Å². The first-order valence-electron chi connectivity index (χ1n) is 13.1. The van der Waals surface area contributed by atoms with Crippen molar-refractivity contribution in [1.29, 1.82) is 0 Å². The number of nitrogens with one attached hydrogen (secondary N) is 3. The molecule has 0 bridgehead atoms. The van der Waals surface area contributed by atoms with Crippen LogP contribution >= 0.6 is 0 Å². The zero-order valence-corrected chi connectivity index (χ0v) is 21.9. The average molecular weight is 522 g/mol. The van der Waals surface area contributed by atoms with Gasteiger partial charge in [0.1, 0.15) is 17.2 Å². The van der Waals surface area contributed by atoms with Crippen LogP contribution in [0.15, 0.2) is 48.9 Å². The van der Waals surface area contributed by atoms with Crippen LogP contribution in [0.1, 0.15) is 61.9 Å². The molecular formula is C29H33F2N5O2. The summed E-state index contributed by atoms with van der Waals surface area (Å²) in [5.41, 5.74) is 2.70. The van der Waals surface area contributed by atoms with E-state index in [-0.39, 0.29) is 23.9 Å². The van der Waals surface area contributed by atoms with E-state index in [2.05, 4.69) is 33.1 Å². The van der Waals surface area contributed by atoms with Crippen molar-refractivity contribution in [1.82, 2.24) is 20.2 Å². The molecule has 1 aromatic heterocycles. The predicted molar refractivity (Wildman–Crippen MR) is 141 cm³/mol. The molecule has 9 heteroatoms. The number of anilines is 1. The minimum atomic E-state index is -0.920. The maximum absolute atomic E-state index is 14.2. The number of hydrogen-bond donors (Lipinski definition) is 3. The molecule has 2 aliphatic carbocycles. The lowest BCUT2D eigenvalue weighted by atomic mass is 9.87. The van der Waals surface area contributed by atoms with Gasteiger partial charge in [0.15, 0.2) is 5.82 Å². The average Bonchev–Trinajstić information content (AvgIpc) is 3.52. The Labute approximate surface area is 221 Å². The summed E-state index contributed by atoms with van der Waals surface area (Å²) in [6.07, 6.45) is 6.61. The lowest BCUT2D eigenvalue weighted by molar-refractivity contribution is -0.129. The number of rotatable bonds is 7. The maximum Gasteiger partial charge on any atom is 0.246 e. The Bertz CT molecular complexity index is 1370. The van der Waals surface area contributed by atoms with Crippen molar-refractivity contribution in [3.05, 3.63) is 82.8 Å². The normalized spacial score (nSPS) is 19.4. The molecule has 0 saturated heterocycles. The Kier molecular flexibility index (Phi) is 7.05. The molecule has 0 spiro atoms. The molecule has 5 rings (SSSR count). The van der Waals surface area contributed by atoms with Gasteiger partial charge < -0.3 is 20.5 Å². The Morgan fingerprint density at radius 1 is 1.11 bits per heavy atom. The number of aryl methyl sites for hydroxylation is 2. The van der Waals surface area contributed by atoms with Gasteiger partial charge in [0, 0.05) is 18.3 Å². The standard InChI is InChI=1S/C29H33F2N5O2/c1-17(33-21-10-8-19-12-20(30)13-24(31)23(19)14-21)27(37)35-26-15-36(16-32-26)29(2,3)28(38)34-25-11-9-18-6-4-5-7-22(18)25/h4-7,12-13,15-17,21,25,33H,8-11,14H2,1-3H3,(H,34,38)(H,35,37)/t17-,21?,25?/m0/s1. The van der Waals surface area contributed by atoms with Crippen molar-refractivity contribution in [2.45, 2.75) is 76.5 Å². The second-order valence-corrected chi connectivity index (χ2v) is 10.8. The first-order valence-corrected chi connectivity index (χ1v) is 13.1. The Balaban J connectivity index is 1.17. The maximum atomic E-state index is 14.2. The number of fused-ring (bicyclic) bond motifs is 2. The molecule has 7 nitrogen and oxygen atoms in total. The number of imidazole rings is 1. The summed E-state index contributed by atoms with van der Waals surface area (Å²) >= 11 is 0. The molecule has 0 aliphatic heterocycles. The van der Waals surface area contributed by atoms with Crippen LogP contribution in [0.2, 0.25) is 0 Å². The van der Waals surface area contributed by atoms with E-state index in [1.807, 2.05) is 26.0 Å². The van der Waals surface area contributed by atoms with Crippen LogP contribution in [0.3, 0.4) is 0 Å². The molecule has 3 aromatic rings. The smallest absolute Gasteiger partial charge is 0.246 e. The summed E-state index contributed by atoms with van der Waals surface area (Å²) in [7, 11) is 0. The van der Waals surface area contributed by atoms with E-state index < -0.39 is 23.2 Å². The van der Waals surface area contributed by atoms with Crippen LogP contribution in [0.5, 0.6) is 0 Å². The molecule has 1 heterocycles. The number of carbonyl (C=O) groups excluding carboxylic acids is 2. The lowest BCUT2D eigenvalue weighted by Gasteiger charge is -2.28. The number of benzene rings is 2. The number of hydrogen-bond acceptors (Lipinski definition) is 4. The van der Waals surface area contributed by atoms with Gasteiger partial charge in [-0.3, -0.25) is 9.59 Å². The third kappa shape index (κ3) is 5.20. The van der Waals surface area contributed by atoms with E-state index in [1.54, 1.807) is 17.7 Å². The fraction of sp³-hybridized carbons (Fsp3) is 0.414. The highest BCUT2D eigenvalue weighted by atomic mass is 19.1. The Morgan fingerprint density at radius 3 is 2.68 bits per heavy atom. The monoisotopic (exact) mass is 521 g/mol. The zero-order valence-electron chi connectivity index (χ0n) is 21.9. The van der Waals surface area contributed by atoms with E-state index in [1.165, 1.54) is 18.0 Å². The van der Waals surface area contributed by atoms with Gasteiger partial charge in [-0.2, -0.15) is 0 Å². The third-order valence-corrected chi connectivity index (χ3v) is 7.82. The molecular weight excluding hydrogens is 488 g/mol. The van der Waals surface area contributed by atoms with Gasteiger partial charge in [-0.25, -0.2) is 13.8 Å². The molecule has 2 aliphatic rings. The fourth-order valence-corrected chi connectivity index (χ4v) is 5.44. The summed E-state index contributed by atoms with van der Waals surface area (Å²) in [6.45, 7) is 5.36. The zero-order chi connectivity index (χ0) is 27.0. The first kappa shape index (κ1) is 26.0. The minimum absolute atomic E-state index is 0.0214. The van der Waals surface area contributed by atoms with Gasteiger partial charge in [-0.05, 0) is 81.2 Å². The van der Waals surface area contributed by atoms with E-state index in [0.29, 0.717) is 36.2 Å². The number of amides is 2. The summed E-state index contributed by atoms with van der Waals surface area (Å²) in [5, 5.41) is 9.22. The molecule has 0 radical (unpaired) electrons. The molecule has 2 amide bonds. The molecule has 0 saturated carbocycles. The van der Waals surface area contributed by atoms with Crippen molar-refractivity contribution < 1.29 is 18.4 Å². The highest BCUT2D eigenvalue weighted by Gasteiger charge is 2.34. The number of carbonyl (C=O) groups is 2. The molecule has 200 valence electrons. The second-order valence-electron chi connectivity index (χ2n) is 10.8. The van der Waals surface area contributed by atoms with Crippen molar-refractivity contribution in [3.63, 3.8) is 0 Å². The molecule has 3 atom stereocenters. The first-order chi connectivity index (χ1) is 18.1. The number of halogens is 2. The van der Waals surface area contributed by atoms with Crippen LogP contribution in [0.25, 0.3) is 0 Å². The van der Waals surface area contributed by atoms with Crippen molar-refractivity contribution in [2.24, 2.45) is 0 Å². The summed E-state index contributed by atoms with van der Waals surface area (Å²) in [5.74, 6) is -1.19. The van der Waals surface area contributed by atoms with Crippen LogP contribution in [-0.4, -0.2) is 33.4 Å². The van der Waals surface area contributed by atoms with Gasteiger partial charge in [0.05, 0.1) is 18.4 Å². The number of aromatic nitrogens is 2. The van der Waals surface area contributed by atoms with Gasteiger partial charge in [-0.15, -0.1) is 0 Å². The van der Waals surface area contributed by atoms with Crippen molar-refractivity contribution in [2.75, 3.05) is 5.32 Å². The topological polar surface area (TPSA) is 88.0 Å². The molecule has 2 unspecified atom stereocenters. The Morgan fingerprint density at radius 2 is 1.87 bits per heavy atom. The van der Waals surface area contributed by atoms with Crippen molar-refractivity contribution >= 4 is 17.6 Å². The fourth-order valence-electron chi connectivity index (χ4n) is 5.44. The molecule has 38 heavy (non-hydrogen) atoms. The van der Waals surface area contributed by atoms with E-state index in [9.17, 15) is 18.4 Å². The predicted octanol–water partition coefficient (Wildman–Crippen LogP) is 4.17.